The van der Waals surface area contributed by atoms with Gasteiger partial charge in [0.15, 0.2) is 11.5 Å². The van der Waals surface area contributed by atoms with Gasteiger partial charge in [0.05, 0.1) is 25.6 Å². The minimum absolute atomic E-state index is 0.0963. The Balaban J connectivity index is 1.99. The maximum Gasteiger partial charge on any atom is 0.160 e. The van der Waals surface area contributed by atoms with Gasteiger partial charge in [0.1, 0.15) is 5.75 Å². The number of hydrogen-bond donors (Lipinski definition) is 2. The van der Waals surface area contributed by atoms with Crippen LogP contribution in [0.3, 0.4) is 0 Å². The Morgan fingerprint density at radius 3 is 2.33 bits per heavy atom. The van der Waals surface area contributed by atoms with Crippen LogP contribution in [0.5, 0.6) is 17.2 Å². The van der Waals surface area contributed by atoms with Crippen molar-refractivity contribution < 1.29 is 14.6 Å². The van der Waals surface area contributed by atoms with Crippen LogP contribution in [0.1, 0.15) is 11.1 Å². The molecule has 0 saturated carbocycles. The van der Waals surface area contributed by atoms with Gasteiger partial charge in [-0.1, -0.05) is 0 Å². The average Bonchev–Trinajstić information content (AvgIpc) is 3.07. The summed E-state index contributed by atoms with van der Waals surface area (Å²) in [6.07, 6.45) is 0. The highest BCUT2D eigenvalue weighted by Crippen LogP contribution is 2.33. The third-order valence-corrected chi connectivity index (χ3v) is 4.20. The van der Waals surface area contributed by atoms with Crippen molar-refractivity contribution in [2.45, 2.75) is 13.8 Å². The fraction of sp³-hybridized carbons (Fsp3) is 0.211. The maximum absolute atomic E-state index is 9.94. The van der Waals surface area contributed by atoms with Crippen LogP contribution >= 0.6 is 0 Å². The fourth-order valence-corrected chi connectivity index (χ4v) is 2.66. The number of benzene rings is 2. The molecular formula is C19H20N2O3. The van der Waals surface area contributed by atoms with Gasteiger partial charge in [-0.25, -0.2) is 0 Å². The van der Waals surface area contributed by atoms with E-state index >= 15 is 0 Å². The molecule has 0 aliphatic heterocycles. The van der Waals surface area contributed by atoms with Crippen LogP contribution in [0, 0.1) is 13.8 Å². The second kappa shape index (κ2) is 6.28. The average molecular weight is 324 g/mol. The number of aromatic hydroxyl groups is 1. The molecule has 2 aromatic carbocycles. The summed E-state index contributed by atoms with van der Waals surface area (Å²) < 4.78 is 10.5. The summed E-state index contributed by atoms with van der Waals surface area (Å²) in [7, 11) is 3.19. The molecule has 0 unspecified atom stereocenters. The molecule has 0 aliphatic carbocycles. The van der Waals surface area contributed by atoms with Crippen LogP contribution in [-0.2, 0) is 0 Å². The largest absolute Gasteiger partial charge is 0.504 e. The molecule has 5 nitrogen and oxygen atoms in total. The number of ether oxygens (including phenoxy) is 2. The van der Waals surface area contributed by atoms with Gasteiger partial charge in [-0.05, 0) is 61.4 Å². The summed E-state index contributed by atoms with van der Waals surface area (Å²) in [5.74, 6) is 1.38. The second-order valence-electron chi connectivity index (χ2n) is 5.67. The van der Waals surface area contributed by atoms with E-state index in [1.54, 1.807) is 19.2 Å². The molecule has 0 bridgehead atoms. The molecule has 3 rings (SSSR count). The van der Waals surface area contributed by atoms with Crippen molar-refractivity contribution in [2.24, 2.45) is 0 Å². The van der Waals surface area contributed by atoms with E-state index in [2.05, 4.69) is 23.2 Å². The van der Waals surface area contributed by atoms with E-state index in [9.17, 15) is 5.11 Å². The van der Waals surface area contributed by atoms with Gasteiger partial charge in [-0.2, -0.15) is 5.10 Å². The number of phenols is 1. The molecular weight excluding hydrogens is 304 g/mol. The Bertz CT molecular complexity index is 884. The third kappa shape index (κ3) is 2.80. The van der Waals surface area contributed by atoms with Crippen LogP contribution in [0.4, 0.5) is 0 Å². The van der Waals surface area contributed by atoms with Gasteiger partial charge in [0.2, 0.25) is 0 Å². The van der Waals surface area contributed by atoms with E-state index in [1.807, 2.05) is 25.1 Å². The van der Waals surface area contributed by atoms with Crippen molar-refractivity contribution >= 4 is 0 Å². The third-order valence-electron chi connectivity index (χ3n) is 4.20. The lowest BCUT2D eigenvalue weighted by molar-refractivity contribution is 0.373. The van der Waals surface area contributed by atoms with Crippen molar-refractivity contribution in [1.29, 1.82) is 0 Å². The molecule has 2 N–H and O–H groups in total. The lowest BCUT2D eigenvalue weighted by Crippen LogP contribution is -1.91. The molecule has 0 atom stereocenters. The standard InChI is InChI=1S/C19H20N2O3/c1-11-7-14(9-19(24-4)12(11)2)16-10-15(20-21-16)13-5-6-18(23-3)17(22)8-13/h5-10,22H,1-4H3,(H,20,21). The molecule has 0 spiro atoms. The quantitative estimate of drug-likeness (QED) is 0.759. The number of aromatic nitrogens is 2. The number of nitrogens with zero attached hydrogens (tertiary/aromatic N) is 1. The molecule has 0 radical (unpaired) electrons. The van der Waals surface area contributed by atoms with Crippen molar-refractivity contribution in [3.8, 4) is 39.8 Å². The van der Waals surface area contributed by atoms with Gasteiger partial charge in [0.25, 0.3) is 0 Å². The maximum atomic E-state index is 9.94. The number of rotatable bonds is 4. The van der Waals surface area contributed by atoms with Crippen LogP contribution in [-0.4, -0.2) is 29.5 Å². The molecule has 124 valence electrons. The van der Waals surface area contributed by atoms with Crippen molar-refractivity contribution in [2.75, 3.05) is 14.2 Å². The topological polar surface area (TPSA) is 67.4 Å². The number of H-pyrrole nitrogens is 1. The van der Waals surface area contributed by atoms with Gasteiger partial charge < -0.3 is 14.6 Å². The van der Waals surface area contributed by atoms with Crippen LogP contribution in [0.15, 0.2) is 36.4 Å². The van der Waals surface area contributed by atoms with Crippen molar-refractivity contribution in [3.05, 3.63) is 47.5 Å². The summed E-state index contributed by atoms with van der Waals surface area (Å²) in [5.41, 5.74) is 5.73. The second-order valence-corrected chi connectivity index (χ2v) is 5.67. The Labute approximate surface area is 140 Å². The SMILES string of the molecule is COc1ccc(-c2cc(-c3cc(C)c(C)c(OC)c3)n[nH]2)cc1O. The fourth-order valence-electron chi connectivity index (χ4n) is 2.66. The zero-order valence-corrected chi connectivity index (χ0v) is 14.2. The first-order valence-electron chi connectivity index (χ1n) is 7.62. The minimum Gasteiger partial charge on any atom is -0.504 e. The van der Waals surface area contributed by atoms with Gasteiger partial charge in [0, 0.05) is 11.1 Å². The van der Waals surface area contributed by atoms with Crippen LogP contribution in [0.2, 0.25) is 0 Å². The van der Waals surface area contributed by atoms with E-state index in [0.29, 0.717) is 5.75 Å². The summed E-state index contributed by atoms with van der Waals surface area (Å²) in [5, 5.41) is 17.3. The Morgan fingerprint density at radius 2 is 1.67 bits per heavy atom. The van der Waals surface area contributed by atoms with E-state index in [1.165, 1.54) is 7.11 Å². The monoisotopic (exact) mass is 324 g/mol. The van der Waals surface area contributed by atoms with Crippen molar-refractivity contribution in [3.63, 3.8) is 0 Å². The van der Waals surface area contributed by atoms with Crippen molar-refractivity contribution in [1.82, 2.24) is 10.2 Å². The van der Waals surface area contributed by atoms with Gasteiger partial charge >= 0.3 is 0 Å². The highest BCUT2D eigenvalue weighted by atomic mass is 16.5. The zero-order valence-electron chi connectivity index (χ0n) is 14.2. The highest BCUT2D eigenvalue weighted by molar-refractivity contribution is 5.71. The van der Waals surface area contributed by atoms with Crippen LogP contribution < -0.4 is 9.47 Å². The smallest absolute Gasteiger partial charge is 0.160 e. The molecule has 0 fully saturated rings. The van der Waals surface area contributed by atoms with Gasteiger partial charge in [-0.15, -0.1) is 0 Å². The molecule has 24 heavy (non-hydrogen) atoms. The normalized spacial score (nSPS) is 10.7. The number of nitrogens with one attached hydrogen (secondary N) is 1. The van der Waals surface area contributed by atoms with E-state index in [-0.39, 0.29) is 5.75 Å². The number of aryl methyl sites for hydroxylation is 1. The molecule has 1 heterocycles. The first-order valence-corrected chi connectivity index (χ1v) is 7.62. The molecule has 0 saturated heterocycles. The number of methoxy groups -OCH3 is 2. The van der Waals surface area contributed by atoms with Gasteiger partial charge in [-0.3, -0.25) is 5.10 Å². The first-order chi connectivity index (χ1) is 11.5. The van der Waals surface area contributed by atoms with E-state index in [4.69, 9.17) is 9.47 Å². The highest BCUT2D eigenvalue weighted by Gasteiger charge is 2.11. The number of aromatic amines is 1. The summed E-state index contributed by atoms with van der Waals surface area (Å²) in [6, 6.07) is 11.3. The van der Waals surface area contributed by atoms with E-state index in [0.717, 1.165) is 39.4 Å². The lowest BCUT2D eigenvalue weighted by Gasteiger charge is -2.09. The molecule has 0 aliphatic rings. The summed E-state index contributed by atoms with van der Waals surface area (Å²) >= 11 is 0. The summed E-state index contributed by atoms with van der Waals surface area (Å²) in [4.78, 5) is 0. The minimum atomic E-state index is 0.0963. The Kier molecular flexibility index (Phi) is 4.16. The number of hydrogen-bond acceptors (Lipinski definition) is 4. The Hall–Kier alpha value is -2.95. The molecule has 1 aromatic heterocycles. The zero-order chi connectivity index (χ0) is 17.3. The molecule has 5 heteroatoms. The molecule has 3 aromatic rings. The molecule has 0 amide bonds. The summed E-state index contributed by atoms with van der Waals surface area (Å²) in [6.45, 7) is 4.09. The first kappa shape index (κ1) is 15.9. The van der Waals surface area contributed by atoms with E-state index < -0.39 is 0 Å². The lowest BCUT2D eigenvalue weighted by atomic mass is 10.0. The predicted molar refractivity (Wildman–Crippen MR) is 93.7 cm³/mol. The van der Waals surface area contributed by atoms with Crippen LogP contribution in [0.25, 0.3) is 22.5 Å². The predicted octanol–water partition coefficient (Wildman–Crippen LogP) is 4.08. The Morgan fingerprint density at radius 1 is 0.917 bits per heavy atom. The number of phenolic OH excluding ortho intramolecular Hbond substituents is 1.